The zero-order chi connectivity index (χ0) is 32.6. The van der Waals surface area contributed by atoms with Crippen LogP contribution < -0.4 is 0 Å². The molecule has 0 saturated carbocycles. The average molecular weight is 514 g/mol. The molecule has 8 aromatic rings. The van der Waals surface area contributed by atoms with Crippen molar-refractivity contribution in [2.45, 2.75) is 0 Å². The maximum Gasteiger partial charge on any atom is 0.0636 e. The summed E-state index contributed by atoms with van der Waals surface area (Å²) in [4.78, 5) is 0. The van der Waals surface area contributed by atoms with Crippen LogP contribution in [0.2, 0.25) is 0 Å². The molecule has 0 unspecified atom stereocenters. The Balaban J connectivity index is 1.41. The van der Waals surface area contributed by atoms with E-state index in [1.165, 1.54) is 10.8 Å². The van der Waals surface area contributed by atoms with Gasteiger partial charge in [-0.15, -0.1) is 0 Å². The predicted molar refractivity (Wildman–Crippen MR) is 173 cm³/mol. The standard InChI is InChI=1S/C40H26/c1-3-12-29-24-32(22-20-27(29)10-1)31-14-9-15-33(26-31)39-35-16-5-7-18-37(35)40(38-19-8-6-17-36(38)39)34-23-21-28-11-2-4-13-30(28)25-34/h1-26H/i1D,3D,10D,12D,20D,22D,24D. The largest absolute Gasteiger partial charge is 0.0636 e. The van der Waals surface area contributed by atoms with Crippen molar-refractivity contribution in [2.75, 3.05) is 0 Å². The molecule has 0 aromatic heterocycles. The molecule has 0 N–H and O–H groups in total. The van der Waals surface area contributed by atoms with E-state index in [1.807, 2.05) is 48.5 Å². The Morgan fingerprint density at radius 3 is 1.62 bits per heavy atom. The molecule has 0 aliphatic heterocycles. The van der Waals surface area contributed by atoms with Crippen LogP contribution in [0.3, 0.4) is 0 Å². The van der Waals surface area contributed by atoms with Gasteiger partial charge in [-0.2, -0.15) is 0 Å². The molecule has 40 heavy (non-hydrogen) atoms. The van der Waals surface area contributed by atoms with Crippen molar-refractivity contribution in [3.8, 4) is 33.4 Å². The SMILES string of the molecule is [2H]c1c([2H])c([2H])c2c([2H])c(-c3cccc(-c4c5ccccc5c(-c5ccc6ccccc6c5)c5ccccc45)c3)c([2H])c([2H])c2c1[2H]. The smallest absolute Gasteiger partial charge is 0.0616 e. The van der Waals surface area contributed by atoms with E-state index in [-0.39, 0.29) is 40.5 Å². The molecular weight excluding hydrogens is 480 g/mol. The lowest BCUT2D eigenvalue weighted by Gasteiger charge is -2.18. The predicted octanol–water partition coefficient (Wildman–Crippen LogP) is 11.3. The summed E-state index contributed by atoms with van der Waals surface area (Å²) >= 11 is 0. The molecule has 0 atom stereocenters. The highest BCUT2D eigenvalue weighted by molar-refractivity contribution is 6.21. The van der Waals surface area contributed by atoms with Gasteiger partial charge in [-0.3, -0.25) is 0 Å². The van der Waals surface area contributed by atoms with Crippen LogP contribution in [-0.4, -0.2) is 0 Å². The van der Waals surface area contributed by atoms with Gasteiger partial charge in [-0.25, -0.2) is 0 Å². The molecule has 0 nitrogen and oxygen atoms in total. The Morgan fingerprint density at radius 1 is 0.350 bits per heavy atom. The third-order valence-electron chi connectivity index (χ3n) is 7.66. The second-order valence-corrected chi connectivity index (χ2v) is 9.98. The van der Waals surface area contributed by atoms with Crippen molar-refractivity contribution in [1.29, 1.82) is 0 Å². The first-order valence-corrected chi connectivity index (χ1v) is 13.3. The lowest BCUT2D eigenvalue weighted by molar-refractivity contribution is 1.63. The monoisotopic (exact) mass is 513 g/mol. The van der Waals surface area contributed by atoms with Crippen LogP contribution in [0.4, 0.5) is 0 Å². The van der Waals surface area contributed by atoms with E-state index in [0.717, 1.165) is 43.8 Å². The van der Waals surface area contributed by atoms with Crippen LogP contribution in [0.15, 0.2) is 158 Å². The molecule has 0 radical (unpaired) electrons. The van der Waals surface area contributed by atoms with Gasteiger partial charge < -0.3 is 0 Å². The van der Waals surface area contributed by atoms with E-state index in [9.17, 15) is 0 Å². The van der Waals surface area contributed by atoms with E-state index in [2.05, 4.69) is 60.7 Å². The third-order valence-corrected chi connectivity index (χ3v) is 7.66. The van der Waals surface area contributed by atoms with Crippen molar-refractivity contribution in [2.24, 2.45) is 0 Å². The van der Waals surface area contributed by atoms with Crippen molar-refractivity contribution in [3.05, 3.63) is 158 Å². The molecule has 8 aromatic carbocycles. The summed E-state index contributed by atoms with van der Waals surface area (Å²) < 4.78 is 59.9. The first-order chi connectivity index (χ1) is 22.8. The zero-order valence-corrected chi connectivity index (χ0v) is 21.5. The van der Waals surface area contributed by atoms with Crippen LogP contribution in [0.25, 0.3) is 76.5 Å². The van der Waals surface area contributed by atoms with Gasteiger partial charge >= 0.3 is 0 Å². The van der Waals surface area contributed by atoms with Crippen molar-refractivity contribution in [3.63, 3.8) is 0 Å². The second-order valence-electron chi connectivity index (χ2n) is 9.98. The highest BCUT2D eigenvalue weighted by Gasteiger charge is 2.17. The fourth-order valence-electron chi connectivity index (χ4n) is 5.85. The third kappa shape index (κ3) is 3.69. The summed E-state index contributed by atoms with van der Waals surface area (Å²) in [6, 6.07) is 36.7. The first kappa shape index (κ1) is 16.7. The maximum absolute atomic E-state index is 9.09. The van der Waals surface area contributed by atoms with Crippen LogP contribution >= 0.6 is 0 Å². The summed E-state index contributed by atoms with van der Waals surface area (Å²) in [5.74, 6) is 0. The van der Waals surface area contributed by atoms with Gasteiger partial charge in [0.1, 0.15) is 0 Å². The summed E-state index contributed by atoms with van der Waals surface area (Å²) in [6.07, 6.45) is 0. The quantitative estimate of drug-likeness (QED) is 0.206. The topological polar surface area (TPSA) is 0 Å². The molecule has 0 heteroatoms. The summed E-state index contributed by atoms with van der Waals surface area (Å²) in [6.45, 7) is 0. The molecular formula is C40H26. The van der Waals surface area contributed by atoms with Crippen molar-refractivity contribution < 1.29 is 9.60 Å². The lowest BCUT2D eigenvalue weighted by Crippen LogP contribution is -1.91. The van der Waals surface area contributed by atoms with Gasteiger partial charge in [0.05, 0.1) is 9.60 Å². The van der Waals surface area contributed by atoms with Crippen molar-refractivity contribution >= 4 is 43.1 Å². The number of hydrogen-bond donors (Lipinski definition) is 0. The Hall–Kier alpha value is -5.20. The van der Waals surface area contributed by atoms with E-state index < -0.39 is 18.1 Å². The van der Waals surface area contributed by atoms with Gasteiger partial charge in [0, 0.05) is 0 Å². The van der Waals surface area contributed by atoms with Crippen LogP contribution in [0, 0.1) is 0 Å². The summed E-state index contributed by atoms with van der Waals surface area (Å²) in [7, 11) is 0. The van der Waals surface area contributed by atoms with E-state index in [1.54, 1.807) is 6.07 Å². The Labute approximate surface area is 243 Å². The first-order valence-electron chi connectivity index (χ1n) is 16.8. The average Bonchev–Trinajstić information content (AvgIpc) is 3.10. The van der Waals surface area contributed by atoms with E-state index >= 15 is 0 Å². The molecule has 0 saturated heterocycles. The molecule has 0 fully saturated rings. The second kappa shape index (κ2) is 9.22. The fraction of sp³-hybridized carbons (Fsp3) is 0. The zero-order valence-electron chi connectivity index (χ0n) is 28.5. The van der Waals surface area contributed by atoms with Gasteiger partial charge in [-0.05, 0) is 94.6 Å². The number of hydrogen-bond acceptors (Lipinski definition) is 0. The van der Waals surface area contributed by atoms with Crippen molar-refractivity contribution in [1.82, 2.24) is 0 Å². The maximum atomic E-state index is 9.09. The Kier molecular flexibility index (Phi) is 3.85. The van der Waals surface area contributed by atoms with Crippen LogP contribution in [0.5, 0.6) is 0 Å². The Morgan fingerprint density at radius 2 is 0.925 bits per heavy atom. The molecule has 0 amide bonds. The van der Waals surface area contributed by atoms with Gasteiger partial charge in [0.25, 0.3) is 0 Å². The highest BCUT2D eigenvalue weighted by atomic mass is 14.2. The molecule has 0 spiro atoms. The van der Waals surface area contributed by atoms with E-state index in [0.29, 0.717) is 5.56 Å². The van der Waals surface area contributed by atoms with Gasteiger partial charge in [-0.1, -0.05) is 139 Å². The van der Waals surface area contributed by atoms with Crippen LogP contribution in [0.1, 0.15) is 9.60 Å². The molecule has 0 aliphatic carbocycles. The molecule has 8 rings (SSSR count). The summed E-state index contributed by atoms with van der Waals surface area (Å²) in [5, 5.41) is 6.50. The fourth-order valence-corrected chi connectivity index (χ4v) is 5.85. The Bertz CT molecular complexity index is 2550. The molecule has 0 aliphatic rings. The van der Waals surface area contributed by atoms with Gasteiger partial charge in [0.2, 0.25) is 0 Å². The minimum absolute atomic E-state index is 0.0481. The van der Waals surface area contributed by atoms with Crippen LogP contribution in [-0.2, 0) is 0 Å². The number of benzene rings is 8. The summed E-state index contributed by atoms with van der Waals surface area (Å²) in [5.41, 5.74) is 4.85. The highest BCUT2D eigenvalue weighted by Crippen LogP contribution is 2.44. The van der Waals surface area contributed by atoms with Gasteiger partial charge in [0.15, 0.2) is 0 Å². The molecule has 0 heterocycles. The minimum Gasteiger partial charge on any atom is -0.0616 e. The minimum atomic E-state index is -0.476. The number of rotatable bonds is 3. The molecule has 0 bridgehead atoms. The molecule has 186 valence electrons. The lowest BCUT2D eigenvalue weighted by atomic mass is 9.85. The normalized spacial score (nSPS) is 13.9. The van der Waals surface area contributed by atoms with E-state index in [4.69, 9.17) is 9.60 Å². The number of fused-ring (bicyclic) bond motifs is 4.